The van der Waals surface area contributed by atoms with Crippen molar-refractivity contribution in [1.29, 1.82) is 0 Å². The van der Waals surface area contributed by atoms with E-state index in [1.54, 1.807) is 0 Å². The van der Waals surface area contributed by atoms with Crippen LogP contribution in [0.5, 0.6) is 0 Å². The summed E-state index contributed by atoms with van der Waals surface area (Å²) in [5.41, 5.74) is 8.89. The Hall–Kier alpha value is -2.33. The molecule has 3 N–H and O–H groups in total. The van der Waals surface area contributed by atoms with Crippen molar-refractivity contribution < 1.29 is 4.79 Å². The predicted molar refractivity (Wildman–Crippen MR) is 83.1 cm³/mol. The fraction of sp³-hybridized carbons (Fsp3) is 0.188. The fourth-order valence-corrected chi connectivity index (χ4v) is 2.07. The molecule has 0 aromatic heterocycles. The molecule has 20 heavy (non-hydrogen) atoms. The van der Waals surface area contributed by atoms with Gasteiger partial charge in [-0.25, -0.2) is 0 Å². The molecule has 2 aromatic carbocycles. The predicted octanol–water partition coefficient (Wildman–Crippen LogP) is 2.46. The molecule has 4 heteroatoms. The summed E-state index contributed by atoms with van der Waals surface area (Å²) in [5, 5.41) is 2.93. The van der Waals surface area contributed by atoms with Gasteiger partial charge in [-0.3, -0.25) is 4.79 Å². The Morgan fingerprint density at radius 2 is 1.75 bits per heavy atom. The lowest BCUT2D eigenvalue weighted by atomic mass is 10.1. The maximum absolute atomic E-state index is 12.4. The monoisotopic (exact) mass is 269 g/mol. The molecular formula is C16H19N3O. The number of benzene rings is 2. The smallest absolute Gasteiger partial charge is 0.257 e. The number of carbonyl (C=O) groups excluding carboxylic acids is 1. The molecule has 0 fully saturated rings. The van der Waals surface area contributed by atoms with Gasteiger partial charge in [0.2, 0.25) is 0 Å². The van der Waals surface area contributed by atoms with Gasteiger partial charge in [0.15, 0.2) is 0 Å². The molecule has 0 unspecified atom stereocenters. The van der Waals surface area contributed by atoms with E-state index in [1.807, 2.05) is 67.5 Å². The Bertz CT molecular complexity index is 608. The molecule has 0 radical (unpaired) electrons. The van der Waals surface area contributed by atoms with Crippen molar-refractivity contribution in [1.82, 2.24) is 0 Å². The summed E-state index contributed by atoms with van der Waals surface area (Å²) in [6.45, 7) is 0.395. The summed E-state index contributed by atoms with van der Waals surface area (Å²) in [6, 6.07) is 15.1. The van der Waals surface area contributed by atoms with Crippen molar-refractivity contribution >= 4 is 17.3 Å². The van der Waals surface area contributed by atoms with Gasteiger partial charge in [0, 0.05) is 32.0 Å². The minimum Gasteiger partial charge on any atom is -0.377 e. The molecule has 0 bridgehead atoms. The SMILES string of the molecule is CN(C)c1ccccc1C(=O)Nc1ccccc1CN. The van der Waals surface area contributed by atoms with Crippen LogP contribution in [-0.2, 0) is 6.54 Å². The average Bonchev–Trinajstić information content (AvgIpc) is 2.47. The lowest BCUT2D eigenvalue weighted by Gasteiger charge is -2.17. The molecule has 2 aromatic rings. The molecule has 0 spiro atoms. The number of carbonyl (C=O) groups is 1. The Balaban J connectivity index is 2.29. The molecule has 0 heterocycles. The van der Waals surface area contributed by atoms with E-state index in [-0.39, 0.29) is 5.91 Å². The number of nitrogens with two attached hydrogens (primary N) is 1. The number of hydrogen-bond acceptors (Lipinski definition) is 3. The molecular weight excluding hydrogens is 250 g/mol. The lowest BCUT2D eigenvalue weighted by Crippen LogP contribution is -2.19. The van der Waals surface area contributed by atoms with Gasteiger partial charge in [0.05, 0.1) is 5.56 Å². The Morgan fingerprint density at radius 1 is 1.10 bits per heavy atom. The standard InChI is InChI=1S/C16H19N3O/c1-19(2)15-10-6-4-8-13(15)16(20)18-14-9-5-3-7-12(14)11-17/h3-10H,11,17H2,1-2H3,(H,18,20). The first-order chi connectivity index (χ1) is 9.63. The van der Waals surface area contributed by atoms with Crippen LogP contribution in [0.2, 0.25) is 0 Å². The summed E-state index contributed by atoms with van der Waals surface area (Å²) >= 11 is 0. The Morgan fingerprint density at radius 3 is 2.45 bits per heavy atom. The number of rotatable bonds is 4. The summed E-state index contributed by atoms with van der Waals surface area (Å²) in [7, 11) is 3.83. The highest BCUT2D eigenvalue weighted by Gasteiger charge is 2.13. The van der Waals surface area contributed by atoms with Crippen molar-refractivity contribution in [3.8, 4) is 0 Å². The summed E-state index contributed by atoms with van der Waals surface area (Å²) in [5.74, 6) is -0.129. The van der Waals surface area contributed by atoms with Crippen LogP contribution in [0.4, 0.5) is 11.4 Å². The van der Waals surface area contributed by atoms with Gasteiger partial charge >= 0.3 is 0 Å². The van der Waals surface area contributed by atoms with E-state index in [9.17, 15) is 4.79 Å². The number of hydrogen-bond donors (Lipinski definition) is 2. The molecule has 0 saturated heterocycles. The van der Waals surface area contributed by atoms with E-state index < -0.39 is 0 Å². The summed E-state index contributed by atoms with van der Waals surface area (Å²) in [6.07, 6.45) is 0. The lowest BCUT2D eigenvalue weighted by molar-refractivity contribution is 0.102. The van der Waals surface area contributed by atoms with Crippen molar-refractivity contribution in [2.45, 2.75) is 6.54 Å². The van der Waals surface area contributed by atoms with E-state index in [4.69, 9.17) is 5.73 Å². The van der Waals surface area contributed by atoms with Gasteiger partial charge in [-0.1, -0.05) is 30.3 Å². The van der Waals surface area contributed by atoms with Gasteiger partial charge in [0.25, 0.3) is 5.91 Å². The van der Waals surface area contributed by atoms with E-state index in [1.165, 1.54) is 0 Å². The fourth-order valence-electron chi connectivity index (χ4n) is 2.07. The second-order valence-corrected chi connectivity index (χ2v) is 4.73. The third-order valence-corrected chi connectivity index (χ3v) is 3.12. The molecule has 0 saturated carbocycles. The van der Waals surface area contributed by atoms with Gasteiger partial charge in [-0.05, 0) is 23.8 Å². The first kappa shape index (κ1) is 14.1. The highest BCUT2D eigenvalue weighted by atomic mass is 16.1. The maximum Gasteiger partial charge on any atom is 0.257 e. The van der Waals surface area contributed by atoms with Gasteiger partial charge in [-0.2, -0.15) is 0 Å². The summed E-state index contributed by atoms with van der Waals surface area (Å²) in [4.78, 5) is 14.3. The van der Waals surface area contributed by atoms with Gasteiger partial charge in [0.1, 0.15) is 0 Å². The van der Waals surface area contributed by atoms with E-state index >= 15 is 0 Å². The van der Waals surface area contributed by atoms with Crippen LogP contribution in [0.15, 0.2) is 48.5 Å². The minimum absolute atomic E-state index is 0.129. The first-order valence-corrected chi connectivity index (χ1v) is 6.49. The Labute approximate surface area is 119 Å². The van der Waals surface area contributed by atoms with Gasteiger partial charge in [-0.15, -0.1) is 0 Å². The molecule has 0 aliphatic heterocycles. The zero-order valence-corrected chi connectivity index (χ0v) is 11.8. The molecule has 0 aliphatic rings. The molecule has 0 atom stereocenters. The maximum atomic E-state index is 12.4. The van der Waals surface area contributed by atoms with Crippen LogP contribution in [-0.4, -0.2) is 20.0 Å². The highest BCUT2D eigenvalue weighted by Crippen LogP contribution is 2.21. The average molecular weight is 269 g/mol. The molecule has 1 amide bonds. The van der Waals surface area contributed by atoms with Crippen LogP contribution in [0, 0.1) is 0 Å². The number of nitrogens with zero attached hydrogens (tertiary/aromatic N) is 1. The zero-order valence-electron chi connectivity index (χ0n) is 11.8. The van der Waals surface area contributed by atoms with Crippen LogP contribution < -0.4 is 16.0 Å². The van der Waals surface area contributed by atoms with Crippen molar-refractivity contribution in [2.75, 3.05) is 24.3 Å². The second-order valence-electron chi connectivity index (χ2n) is 4.73. The summed E-state index contributed by atoms with van der Waals surface area (Å²) < 4.78 is 0. The largest absolute Gasteiger partial charge is 0.377 e. The minimum atomic E-state index is -0.129. The third-order valence-electron chi connectivity index (χ3n) is 3.12. The third kappa shape index (κ3) is 2.97. The number of nitrogens with one attached hydrogen (secondary N) is 1. The van der Waals surface area contributed by atoms with Crippen molar-refractivity contribution in [2.24, 2.45) is 5.73 Å². The quantitative estimate of drug-likeness (QED) is 0.896. The van der Waals surface area contributed by atoms with E-state index in [0.717, 1.165) is 16.9 Å². The molecule has 2 rings (SSSR count). The number of anilines is 2. The van der Waals surface area contributed by atoms with E-state index in [2.05, 4.69) is 5.32 Å². The zero-order chi connectivity index (χ0) is 14.5. The van der Waals surface area contributed by atoms with Crippen LogP contribution in [0.1, 0.15) is 15.9 Å². The molecule has 0 aliphatic carbocycles. The van der Waals surface area contributed by atoms with Crippen LogP contribution >= 0.6 is 0 Å². The second kappa shape index (κ2) is 6.21. The van der Waals surface area contributed by atoms with Crippen molar-refractivity contribution in [3.05, 3.63) is 59.7 Å². The molecule has 104 valence electrons. The van der Waals surface area contributed by atoms with Crippen LogP contribution in [0.3, 0.4) is 0 Å². The number of para-hydroxylation sites is 2. The van der Waals surface area contributed by atoms with Gasteiger partial charge < -0.3 is 16.0 Å². The highest BCUT2D eigenvalue weighted by molar-refractivity contribution is 6.08. The normalized spacial score (nSPS) is 10.2. The topological polar surface area (TPSA) is 58.4 Å². The number of amides is 1. The van der Waals surface area contributed by atoms with E-state index in [0.29, 0.717) is 12.1 Å². The van der Waals surface area contributed by atoms with Crippen molar-refractivity contribution in [3.63, 3.8) is 0 Å². The molecule has 4 nitrogen and oxygen atoms in total. The van der Waals surface area contributed by atoms with Crippen LogP contribution in [0.25, 0.3) is 0 Å². The first-order valence-electron chi connectivity index (χ1n) is 6.49. The Kier molecular flexibility index (Phi) is 4.38.